The predicted octanol–water partition coefficient (Wildman–Crippen LogP) is 3.28. The predicted molar refractivity (Wildman–Crippen MR) is 78.6 cm³/mol. The molecule has 0 heterocycles. The van der Waals surface area contributed by atoms with Gasteiger partial charge in [0.15, 0.2) is 5.78 Å². The second-order valence-electron chi connectivity index (χ2n) is 4.60. The van der Waals surface area contributed by atoms with Crippen LogP contribution in [0.15, 0.2) is 41.5 Å². The van der Waals surface area contributed by atoms with Gasteiger partial charge in [-0.05, 0) is 32.9 Å². The van der Waals surface area contributed by atoms with Crippen LogP contribution in [0.25, 0.3) is 0 Å². The fraction of sp³-hybridized carbons (Fsp3) is 0.400. The highest BCUT2D eigenvalue weighted by molar-refractivity contribution is 7.99. The van der Waals surface area contributed by atoms with Crippen molar-refractivity contribution in [2.75, 3.05) is 12.4 Å². The number of aliphatic hydroxyl groups is 1. The van der Waals surface area contributed by atoms with E-state index < -0.39 is 5.60 Å². The molecule has 1 aromatic rings. The van der Waals surface area contributed by atoms with Gasteiger partial charge in [0.1, 0.15) is 5.60 Å². The summed E-state index contributed by atoms with van der Waals surface area (Å²) in [6.45, 7) is 5.55. The molecule has 3 nitrogen and oxygen atoms in total. The van der Waals surface area contributed by atoms with Crippen LogP contribution in [0.2, 0.25) is 0 Å². The van der Waals surface area contributed by atoms with Crippen LogP contribution in [-0.2, 0) is 4.74 Å². The van der Waals surface area contributed by atoms with Gasteiger partial charge in [0.05, 0.1) is 12.9 Å². The largest absolute Gasteiger partial charge is 0.501 e. The summed E-state index contributed by atoms with van der Waals surface area (Å²) in [5, 5.41) is 9.66. The van der Waals surface area contributed by atoms with Gasteiger partial charge in [-0.25, -0.2) is 0 Å². The molecule has 0 fully saturated rings. The van der Waals surface area contributed by atoms with Gasteiger partial charge in [0.2, 0.25) is 0 Å². The number of hydrogen-bond donors (Lipinski definition) is 1. The van der Waals surface area contributed by atoms with Crippen molar-refractivity contribution in [1.29, 1.82) is 0 Å². The van der Waals surface area contributed by atoms with Gasteiger partial charge in [-0.3, -0.25) is 4.79 Å². The third kappa shape index (κ3) is 5.49. The number of benzene rings is 1. The zero-order valence-electron chi connectivity index (χ0n) is 11.6. The second kappa shape index (κ2) is 7.36. The van der Waals surface area contributed by atoms with Crippen LogP contribution in [0.3, 0.4) is 0 Å². The van der Waals surface area contributed by atoms with E-state index in [9.17, 15) is 9.90 Å². The lowest BCUT2D eigenvalue weighted by molar-refractivity contribution is 0.0488. The minimum atomic E-state index is -1.32. The van der Waals surface area contributed by atoms with Crippen LogP contribution in [-0.4, -0.2) is 28.9 Å². The highest BCUT2D eigenvalue weighted by Gasteiger charge is 2.24. The van der Waals surface area contributed by atoms with Gasteiger partial charge in [-0.2, -0.15) is 0 Å². The van der Waals surface area contributed by atoms with Crippen LogP contribution >= 0.6 is 11.8 Å². The SMILES string of the molecule is CC=COCCSc1ccc(C(=O)C(C)(C)O)cc1. The molecule has 0 unspecified atom stereocenters. The van der Waals surface area contributed by atoms with E-state index in [1.165, 1.54) is 13.8 Å². The third-order valence-electron chi connectivity index (χ3n) is 2.37. The van der Waals surface area contributed by atoms with Crippen molar-refractivity contribution < 1.29 is 14.6 Å². The smallest absolute Gasteiger partial charge is 0.193 e. The highest BCUT2D eigenvalue weighted by Crippen LogP contribution is 2.20. The summed E-state index contributed by atoms with van der Waals surface area (Å²) < 4.78 is 5.22. The molecule has 1 N–H and O–H groups in total. The molecule has 0 atom stereocenters. The molecule has 0 aliphatic carbocycles. The number of hydrogen-bond acceptors (Lipinski definition) is 4. The molecule has 1 rings (SSSR count). The lowest BCUT2D eigenvalue weighted by Crippen LogP contribution is -2.30. The van der Waals surface area contributed by atoms with Crippen LogP contribution in [0.5, 0.6) is 0 Å². The van der Waals surface area contributed by atoms with E-state index in [4.69, 9.17) is 4.74 Å². The van der Waals surface area contributed by atoms with Crippen molar-refractivity contribution in [2.45, 2.75) is 31.3 Å². The van der Waals surface area contributed by atoms with Crippen LogP contribution in [0.4, 0.5) is 0 Å². The lowest BCUT2D eigenvalue weighted by atomic mass is 9.97. The fourth-order valence-electron chi connectivity index (χ4n) is 1.43. The van der Waals surface area contributed by atoms with Gasteiger partial charge in [0.25, 0.3) is 0 Å². The van der Waals surface area contributed by atoms with E-state index in [1.807, 2.05) is 25.1 Å². The first kappa shape index (κ1) is 15.8. The van der Waals surface area contributed by atoms with Gasteiger partial charge < -0.3 is 9.84 Å². The molecule has 0 saturated heterocycles. The van der Waals surface area contributed by atoms with Crippen LogP contribution < -0.4 is 0 Å². The van der Waals surface area contributed by atoms with E-state index in [2.05, 4.69) is 0 Å². The summed E-state index contributed by atoms with van der Waals surface area (Å²) in [6.07, 6.45) is 3.52. The van der Waals surface area contributed by atoms with Crippen molar-refractivity contribution >= 4 is 17.5 Å². The van der Waals surface area contributed by atoms with E-state index in [0.29, 0.717) is 12.2 Å². The van der Waals surface area contributed by atoms with Crippen molar-refractivity contribution in [3.05, 3.63) is 42.2 Å². The third-order valence-corrected chi connectivity index (χ3v) is 3.35. The molecule has 0 spiro atoms. The zero-order chi connectivity index (χ0) is 14.3. The number of allylic oxidation sites excluding steroid dienone is 1. The van der Waals surface area contributed by atoms with Crippen molar-refractivity contribution in [3.8, 4) is 0 Å². The second-order valence-corrected chi connectivity index (χ2v) is 5.77. The summed E-state index contributed by atoms with van der Waals surface area (Å²) in [5.41, 5.74) is -0.795. The van der Waals surface area contributed by atoms with Gasteiger partial charge in [-0.1, -0.05) is 18.2 Å². The normalized spacial score (nSPS) is 11.8. The Labute approximate surface area is 118 Å². The van der Waals surface area contributed by atoms with Crippen molar-refractivity contribution in [1.82, 2.24) is 0 Å². The first-order chi connectivity index (χ1) is 8.95. The number of thioether (sulfide) groups is 1. The van der Waals surface area contributed by atoms with E-state index >= 15 is 0 Å². The fourth-order valence-corrected chi connectivity index (χ4v) is 2.17. The Morgan fingerprint density at radius 1 is 1.37 bits per heavy atom. The highest BCUT2D eigenvalue weighted by atomic mass is 32.2. The van der Waals surface area contributed by atoms with Crippen LogP contribution in [0.1, 0.15) is 31.1 Å². The average Bonchev–Trinajstić information content (AvgIpc) is 2.37. The molecule has 0 amide bonds. The number of ketones is 1. The maximum absolute atomic E-state index is 11.8. The Balaban J connectivity index is 2.50. The molecule has 0 bridgehead atoms. The van der Waals surface area contributed by atoms with Gasteiger partial charge in [-0.15, -0.1) is 11.8 Å². The zero-order valence-corrected chi connectivity index (χ0v) is 12.4. The summed E-state index contributed by atoms with van der Waals surface area (Å²) in [6, 6.07) is 7.27. The van der Waals surface area contributed by atoms with Gasteiger partial charge in [0, 0.05) is 16.2 Å². The Morgan fingerprint density at radius 2 is 2.00 bits per heavy atom. The minimum absolute atomic E-state index is 0.263. The van der Waals surface area contributed by atoms with Crippen LogP contribution in [0, 0.1) is 0 Å². The Bertz CT molecular complexity index is 430. The average molecular weight is 280 g/mol. The number of carbonyl (C=O) groups excluding carboxylic acids is 1. The summed E-state index contributed by atoms with van der Waals surface area (Å²) >= 11 is 1.67. The Kier molecular flexibility index (Phi) is 6.12. The molecule has 0 saturated carbocycles. The topological polar surface area (TPSA) is 46.5 Å². The number of Topliss-reactive ketones (excluding diaryl/α,β-unsaturated/α-hetero) is 1. The summed E-state index contributed by atoms with van der Waals surface area (Å²) in [7, 11) is 0. The Morgan fingerprint density at radius 3 is 2.53 bits per heavy atom. The maximum Gasteiger partial charge on any atom is 0.193 e. The molecular formula is C15H20O3S. The Hall–Kier alpha value is -1.26. The monoisotopic (exact) mass is 280 g/mol. The molecule has 1 aromatic carbocycles. The summed E-state index contributed by atoms with van der Waals surface area (Å²) in [5.74, 6) is 0.587. The first-order valence-electron chi connectivity index (χ1n) is 6.18. The molecule has 4 heteroatoms. The van der Waals surface area contributed by atoms with Crippen molar-refractivity contribution in [2.24, 2.45) is 0 Å². The molecule has 0 aliphatic rings. The lowest BCUT2D eigenvalue weighted by Gasteiger charge is -2.15. The standard InChI is InChI=1S/C15H20O3S/c1-4-9-18-10-11-19-13-7-5-12(6-8-13)14(16)15(2,3)17/h4-9,17H,10-11H2,1-3H3. The molecule has 104 valence electrons. The van der Waals surface area contributed by atoms with Crippen molar-refractivity contribution in [3.63, 3.8) is 0 Å². The molecule has 0 aliphatic heterocycles. The molecule has 0 radical (unpaired) electrons. The number of rotatable bonds is 7. The molecule has 0 aromatic heterocycles. The first-order valence-corrected chi connectivity index (χ1v) is 7.16. The minimum Gasteiger partial charge on any atom is -0.501 e. The van der Waals surface area contributed by atoms with E-state index in [0.717, 1.165) is 10.6 Å². The van der Waals surface area contributed by atoms with E-state index in [1.54, 1.807) is 30.2 Å². The number of carbonyl (C=O) groups is 1. The molecular weight excluding hydrogens is 260 g/mol. The quantitative estimate of drug-likeness (QED) is 0.360. The molecule has 19 heavy (non-hydrogen) atoms. The maximum atomic E-state index is 11.8. The summed E-state index contributed by atoms with van der Waals surface area (Å²) in [4.78, 5) is 12.9. The van der Waals surface area contributed by atoms with E-state index in [-0.39, 0.29) is 5.78 Å². The number of ether oxygens (including phenoxy) is 1. The van der Waals surface area contributed by atoms with Gasteiger partial charge >= 0.3 is 0 Å².